The summed E-state index contributed by atoms with van der Waals surface area (Å²) < 4.78 is 30.4. The quantitative estimate of drug-likeness (QED) is 0.196. The van der Waals surface area contributed by atoms with Crippen molar-refractivity contribution in [1.29, 1.82) is 0 Å². The van der Waals surface area contributed by atoms with Crippen LogP contribution in [0.5, 0.6) is 0 Å². The van der Waals surface area contributed by atoms with Gasteiger partial charge in [0.15, 0.2) is 5.78 Å². The van der Waals surface area contributed by atoms with Gasteiger partial charge in [-0.05, 0) is 43.2 Å². The average Bonchev–Trinajstić information content (AvgIpc) is 3.53. The number of fused-ring (bicyclic) bond motifs is 1. The molecular formula is C30H26ClF2N5O3. The van der Waals surface area contributed by atoms with E-state index in [1.807, 2.05) is 0 Å². The molecule has 1 saturated heterocycles. The third-order valence-electron chi connectivity index (χ3n) is 6.96. The average molecular weight is 578 g/mol. The van der Waals surface area contributed by atoms with Gasteiger partial charge in [-0.1, -0.05) is 29.7 Å². The zero-order valence-corrected chi connectivity index (χ0v) is 22.8. The number of rotatable bonds is 7. The third-order valence-corrected chi connectivity index (χ3v) is 7.25. The Morgan fingerprint density at radius 2 is 1.98 bits per heavy atom. The molecule has 0 spiro atoms. The molecule has 2 aromatic heterocycles. The minimum Gasteiger partial charge on any atom is -0.376 e. The smallest absolute Gasteiger partial charge is 0.242 e. The molecule has 3 atom stereocenters. The number of benzene rings is 2. The van der Waals surface area contributed by atoms with Crippen molar-refractivity contribution in [1.82, 2.24) is 24.8 Å². The fourth-order valence-corrected chi connectivity index (χ4v) is 5.14. The second kappa shape index (κ2) is 12.1. The molecule has 1 aliphatic heterocycles. The maximum atomic E-state index is 14.5. The van der Waals surface area contributed by atoms with Gasteiger partial charge in [0.05, 0.1) is 17.6 Å². The van der Waals surface area contributed by atoms with Crippen molar-refractivity contribution < 1.29 is 23.5 Å². The third kappa shape index (κ3) is 6.28. The summed E-state index contributed by atoms with van der Waals surface area (Å²) in [5.74, 6) is 5.01. The number of amides is 1. The number of likely N-dealkylation sites (tertiary alicyclic amines) is 1. The summed E-state index contributed by atoms with van der Waals surface area (Å²) in [6.45, 7) is 1.01. The van der Waals surface area contributed by atoms with E-state index in [4.69, 9.17) is 11.6 Å². The van der Waals surface area contributed by atoms with Crippen molar-refractivity contribution in [2.24, 2.45) is 0 Å². The second-order valence-corrected chi connectivity index (χ2v) is 10.2. The first kappa shape index (κ1) is 28.4. The number of carbonyl (C=O) groups is 2. The van der Waals surface area contributed by atoms with E-state index in [0.717, 1.165) is 0 Å². The maximum absolute atomic E-state index is 14.5. The number of hydrogen-bond acceptors (Lipinski definition) is 6. The fourth-order valence-electron chi connectivity index (χ4n) is 4.95. The first-order chi connectivity index (χ1) is 19.7. The van der Waals surface area contributed by atoms with Crippen molar-refractivity contribution in [2.45, 2.75) is 44.9 Å². The standard InChI is InChI=1S/C30H26ClF2N5O3/c1-18(39)23-16-37(25-8-6-19(12-22(23)25)7-9-27-34-10-3-11-35-27)17-28(40)38-15-21(32)13-26(38)30(41)36-14-20-4-2-5-24(31)29(20)33/h2-6,8,10-12,16,21,26,30,36,41H,13-15,17H2,1H3/t21-,26+,30?/m1/s1. The molecule has 4 aromatic rings. The summed E-state index contributed by atoms with van der Waals surface area (Å²) in [4.78, 5) is 35.3. The summed E-state index contributed by atoms with van der Waals surface area (Å²) in [5, 5.41) is 14.1. The number of ketones is 1. The Morgan fingerprint density at radius 3 is 2.73 bits per heavy atom. The lowest BCUT2D eigenvalue weighted by atomic mass is 10.1. The van der Waals surface area contributed by atoms with Gasteiger partial charge < -0.3 is 14.6 Å². The Labute approximate surface area is 240 Å². The number of hydrogen-bond donors (Lipinski definition) is 2. The lowest BCUT2D eigenvalue weighted by molar-refractivity contribution is -0.135. The van der Waals surface area contributed by atoms with Gasteiger partial charge >= 0.3 is 0 Å². The van der Waals surface area contributed by atoms with Crippen molar-refractivity contribution in [3.8, 4) is 11.8 Å². The second-order valence-electron chi connectivity index (χ2n) is 9.77. The van der Waals surface area contributed by atoms with Gasteiger partial charge in [-0.15, -0.1) is 0 Å². The minimum absolute atomic E-state index is 0.0476. The zero-order valence-electron chi connectivity index (χ0n) is 22.0. The highest BCUT2D eigenvalue weighted by atomic mass is 35.5. The number of aromatic nitrogens is 3. The summed E-state index contributed by atoms with van der Waals surface area (Å²) in [6.07, 6.45) is 2.08. The molecule has 5 rings (SSSR count). The number of nitrogens with zero attached hydrogens (tertiary/aromatic N) is 4. The maximum Gasteiger partial charge on any atom is 0.242 e. The monoisotopic (exact) mass is 577 g/mol. The molecule has 0 aliphatic carbocycles. The van der Waals surface area contributed by atoms with E-state index in [1.54, 1.807) is 53.5 Å². The van der Waals surface area contributed by atoms with E-state index in [0.29, 0.717) is 27.9 Å². The molecule has 1 unspecified atom stereocenters. The van der Waals surface area contributed by atoms with Crippen LogP contribution in [0.2, 0.25) is 5.02 Å². The Bertz CT molecular complexity index is 1670. The Balaban J connectivity index is 1.34. The molecule has 210 valence electrons. The lowest BCUT2D eigenvalue weighted by Crippen LogP contribution is -2.49. The molecule has 2 aromatic carbocycles. The molecular weight excluding hydrogens is 552 g/mol. The van der Waals surface area contributed by atoms with Crippen LogP contribution in [0.25, 0.3) is 10.9 Å². The van der Waals surface area contributed by atoms with E-state index >= 15 is 0 Å². The highest BCUT2D eigenvalue weighted by molar-refractivity contribution is 6.30. The van der Waals surface area contributed by atoms with Gasteiger partial charge in [0.25, 0.3) is 0 Å². The van der Waals surface area contributed by atoms with Gasteiger partial charge in [0.2, 0.25) is 11.7 Å². The van der Waals surface area contributed by atoms with Gasteiger partial charge in [-0.25, -0.2) is 18.7 Å². The predicted molar refractivity (Wildman–Crippen MR) is 149 cm³/mol. The van der Waals surface area contributed by atoms with Crippen LogP contribution in [0.4, 0.5) is 8.78 Å². The number of carbonyl (C=O) groups excluding carboxylic acids is 2. The number of aliphatic hydroxyl groups is 1. The van der Waals surface area contributed by atoms with Crippen LogP contribution in [-0.2, 0) is 17.9 Å². The molecule has 3 heterocycles. The molecule has 1 aliphatic rings. The predicted octanol–water partition coefficient (Wildman–Crippen LogP) is 3.87. The molecule has 0 saturated carbocycles. The highest BCUT2D eigenvalue weighted by Crippen LogP contribution is 2.27. The molecule has 8 nitrogen and oxygen atoms in total. The fraction of sp³-hybridized carbons (Fsp3) is 0.267. The van der Waals surface area contributed by atoms with Crippen molar-refractivity contribution in [3.63, 3.8) is 0 Å². The Kier molecular flexibility index (Phi) is 8.40. The van der Waals surface area contributed by atoms with Crippen LogP contribution in [0.3, 0.4) is 0 Å². The SMILES string of the molecule is CC(=O)c1cn(CC(=O)N2C[C@H](F)C[C@H]2C(O)NCc2cccc(Cl)c2F)c2ccc(C#Cc3ncccn3)cc12. The molecule has 41 heavy (non-hydrogen) atoms. The van der Waals surface area contributed by atoms with E-state index in [-0.39, 0.29) is 42.4 Å². The van der Waals surface area contributed by atoms with E-state index < -0.39 is 30.2 Å². The number of halogens is 3. The van der Waals surface area contributed by atoms with Crippen LogP contribution in [-0.4, -0.2) is 61.2 Å². The first-order valence-corrected chi connectivity index (χ1v) is 13.3. The Hall–Kier alpha value is -4.17. The van der Waals surface area contributed by atoms with Gasteiger partial charge in [0.1, 0.15) is 24.8 Å². The normalized spacial score (nSPS) is 17.3. The van der Waals surface area contributed by atoms with E-state index in [2.05, 4.69) is 27.1 Å². The van der Waals surface area contributed by atoms with Crippen LogP contribution in [0.15, 0.2) is 61.1 Å². The van der Waals surface area contributed by atoms with Gasteiger partial charge in [-0.3, -0.25) is 14.9 Å². The number of aliphatic hydroxyl groups excluding tert-OH is 1. The number of nitrogens with one attached hydrogen (secondary N) is 1. The largest absolute Gasteiger partial charge is 0.376 e. The topological polar surface area (TPSA) is 100 Å². The van der Waals surface area contributed by atoms with Crippen LogP contribution < -0.4 is 5.32 Å². The molecule has 0 radical (unpaired) electrons. The van der Waals surface area contributed by atoms with Crippen LogP contribution >= 0.6 is 11.6 Å². The van der Waals surface area contributed by atoms with Gasteiger partial charge in [0, 0.05) is 59.1 Å². The van der Waals surface area contributed by atoms with E-state index in [9.17, 15) is 23.5 Å². The number of Topliss-reactive ketones (excluding diaryl/α,β-unsaturated/α-hetero) is 1. The van der Waals surface area contributed by atoms with Crippen molar-refractivity contribution in [3.05, 3.63) is 94.4 Å². The molecule has 11 heteroatoms. The summed E-state index contributed by atoms with van der Waals surface area (Å²) in [7, 11) is 0. The minimum atomic E-state index is -1.33. The van der Waals surface area contributed by atoms with Crippen molar-refractivity contribution in [2.75, 3.05) is 6.54 Å². The summed E-state index contributed by atoms with van der Waals surface area (Å²) in [5.41, 5.74) is 1.92. The highest BCUT2D eigenvalue weighted by Gasteiger charge is 2.39. The first-order valence-electron chi connectivity index (χ1n) is 12.9. The van der Waals surface area contributed by atoms with E-state index in [1.165, 1.54) is 24.0 Å². The summed E-state index contributed by atoms with van der Waals surface area (Å²) in [6, 6.07) is 10.6. The number of alkyl halides is 1. The molecule has 0 bridgehead atoms. The lowest BCUT2D eigenvalue weighted by Gasteiger charge is -2.29. The van der Waals surface area contributed by atoms with Crippen LogP contribution in [0.1, 0.15) is 40.7 Å². The van der Waals surface area contributed by atoms with Crippen molar-refractivity contribution >= 4 is 34.2 Å². The molecule has 2 N–H and O–H groups in total. The molecule has 1 fully saturated rings. The molecule has 1 amide bonds. The summed E-state index contributed by atoms with van der Waals surface area (Å²) >= 11 is 5.83. The Morgan fingerprint density at radius 1 is 1.20 bits per heavy atom. The van der Waals surface area contributed by atoms with Gasteiger partial charge in [-0.2, -0.15) is 0 Å². The van der Waals surface area contributed by atoms with Crippen LogP contribution in [0, 0.1) is 17.7 Å². The zero-order chi connectivity index (χ0) is 29.1.